The summed E-state index contributed by atoms with van der Waals surface area (Å²) in [6, 6.07) is 1.66. The minimum Gasteiger partial charge on any atom is -0.396 e. The average molecular weight is 372 g/mol. The van der Waals surface area contributed by atoms with Gasteiger partial charge in [-0.05, 0) is 43.2 Å². The number of aryl methyl sites for hydroxylation is 1. The van der Waals surface area contributed by atoms with Gasteiger partial charge >= 0.3 is 0 Å². The third kappa shape index (κ3) is 5.30. The molecule has 4 nitrogen and oxygen atoms in total. The van der Waals surface area contributed by atoms with E-state index in [1.165, 1.54) is 0 Å². The fraction of sp³-hybridized carbons (Fsp3) is 0.538. The van der Waals surface area contributed by atoms with Crippen LogP contribution in [0.3, 0.4) is 0 Å². The molecule has 0 aliphatic carbocycles. The molecule has 0 spiro atoms. The van der Waals surface area contributed by atoms with Crippen LogP contribution in [-0.2, 0) is 10.0 Å². The highest BCUT2D eigenvalue weighted by Crippen LogP contribution is 2.33. The molecule has 0 amide bonds. The summed E-state index contributed by atoms with van der Waals surface area (Å²) in [6.45, 7) is 3.81. The number of hydrogen-bond donors (Lipinski definition) is 2. The molecule has 0 unspecified atom stereocenters. The molecular weight excluding hydrogens is 353 g/mol. The lowest BCUT2D eigenvalue weighted by molar-refractivity contribution is 0.296. The van der Waals surface area contributed by atoms with Crippen molar-refractivity contribution in [1.82, 2.24) is 4.72 Å². The summed E-state index contributed by atoms with van der Waals surface area (Å²) < 4.78 is 27.3. The van der Waals surface area contributed by atoms with Gasteiger partial charge in [0.2, 0.25) is 10.0 Å². The van der Waals surface area contributed by atoms with Crippen molar-refractivity contribution in [2.24, 2.45) is 0 Å². The second kappa shape index (κ2) is 8.60. The molecule has 0 heterocycles. The maximum atomic E-state index is 12.4. The monoisotopic (exact) mass is 371 g/mol. The van der Waals surface area contributed by atoms with Crippen molar-refractivity contribution >= 4 is 45.0 Å². The highest BCUT2D eigenvalue weighted by molar-refractivity contribution is 7.99. The molecule has 0 atom stereocenters. The largest absolute Gasteiger partial charge is 0.396 e. The SMILES string of the molecule is Cc1cc(Cl)c(C)c(S(=O)(=O)NCCSCCCO)c1Cl. The molecule has 0 saturated carbocycles. The first-order chi connectivity index (χ1) is 9.81. The van der Waals surface area contributed by atoms with Crippen LogP contribution in [0, 0.1) is 13.8 Å². The number of aliphatic hydroxyl groups is 1. The van der Waals surface area contributed by atoms with Gasteiger partial charge in [-0.1, -0.05) is 23.2 Å². The zero-order valence-electron chi connectivity index (χ0n) is 11.9. The lowest BCUT2D eigenvalue weighted by Gasteiger charge is -2.14. The Morgan fingerprint density at radius 2 is 1.95 bits per heavy atom. The predicted octanol–water partition coefficient (Wildman–Crippen LogP) is 3.00. The summed E-state index contributed by atoms with van der Waals surface area (Å²) in [5.74, 6) is 1.43. The average Bonchev–Trinajstić information content (AvgIpc) is 2.40. The summed E-state index contributed by atoms with van der Waals surface area (Å²) in [5.41, 5.74) is 1.08. The molecule has 120 valence electrons. The van der Waals surface area contributed by atoms with E-state index in [-0.39, 0.29) is 16.5 Å². The Labute approximate surface area is 140 Å². The zero-order valence-corrected chi connectivity index (χ0v) is 15.1. The molecule has 0 aliphatic heterocycles. The Balaban J connectivity index is 2.80. The van der Waals surface area contributed by atoms with Crippen LogP contribution in [0.15, 0.2) is 11.0 Å². The van der Waals surface area contributed by atoms with E-state index in [4.69, 9.17) is 28.3 Å². The Morgan fingerprint density at radius 1 is 1.29 bits per heavy atom. The lowest BCUT2D eigenvalue weighted by Crippen LogP contribution is -2.27. The third-order valence-electron chi connectivity index (χ3n) is 2.84. The van der Waals surface area contributed by atoms with Crippen LogP contribution < -0.4 is 4.72 Å². The number of hydrogen-bond acceptors (Lipinski definition) is 4. The van der Waals surface area contributed by atoms with Gasteiger partial charge < -0.3 is 5.11 Å². The second-order valence-electron chi connectivity index (χ2n) is 4.53. The smallest absolute Gasteiger partial charge is 0.242 e. The van der Waals surface area contributed by atoms with Crippen molar-refractivity contribution in [1.29, 1.82) is 0 Å². The number of sulfonamides is 1. The maximum Gasteiger partial charge on any atom is 0.242 e. The Bertz CT molecular complexity index is 565. The van der Waals surface area contributed by atoms with E-state index >= 15 is 0 Å². The van der Waals surface area contributed by atoms with E-state index in [9.17, 15) is 8.42 Å². The fourth-order valence-electron chi connectivity index (χ4n) is 1.72. The van der Waals surface area contributed by atoms with Crippen molar-refractivity contribution in [2.45, 2.75) is 25.2 Å². The first-order valence-electron chi connectivity index (χ1n) is 6.44. The second-order valence-corrected chi connectivity index (χ2v) is 8.24. The molecule has 0 bridgehead atoms. The van der Waals surface area contributed by atoms with E-state index in [1.54, 1.807) is 31.7 Å². The first-order valence-corrected chi connectivity index (χ1v) is 9.84. The number of benzene rings is 1. The first kappa shape index (κ1) is 19.1. The van der Waals surface area contributed by atoms with E-state index < -0.39 is 10.0 Å². The summed E-state index contributed by atoms with van der Waals surface area (Å²) in [4.78, 5) is 0.0505. The van der Waals surface area contributed by atoms with Gasteiger partial charge in [0.05, 0.1) is 5.02 Å². The standard InChI is InChI=1S/C13H19Cl2NO3S2/c1-9-8-11(14)10(2)13(12(9)15)21(18,19)16-4-7-20-6-3-5-17/h8,16-17H,3-7H2,1-2H3. The van der Waals surface area contributed by atoms with Gasteiger partial charge in [-0.3, -0.25) is 0 Å². The minimum atomic E-state index is -3.69. The van der Waals surface area contributed by atoms with Crippen molar-refractivity contribution < 1.29 is 13.5 Å². The molecule has 8 heteroatoms. The van der Waals surface area contributed by atoms with Crippen LogP contribution in [0.1, 0.15) is 17.5 Å². The number of rotatable bonds is 8. The van der Waals surface area contributed by atoms with Crippen LogP contribution in [0.5, 0.6) is 0 Å². The third-order valence-corrected chi connectivity index (χ3v) is 6.54. The minimum absolute atomic E-state index is 0.0505. The molecule has 1 rings (SSSR count). The van der Waals surface area contributed by atoms with Gasteiger partial charge in [0.1, 0.15) is 4.90 Å². The number of aliphatic hydroxyl groups excluding tert-OH is 1. The molecule has 0 radical (unpaired) electrons. The van der Waals surface area contributed by atoms with E-state index in [2.05, 4.69) is 4.72 Å². The highest BCUT2D eigenvalue weighted by Gasteiger charge is 2.23. The maximum absolute atomic E-state index is 12.4. The summed E-state index contributed by atoms with van der Waals surface area (Å²) in [7, 11) is -3.69. The zero-order chi connectivity index (χ0) is 16.0. The van der Waals surface area contributed by atoms with E-state index in [1.807, 2.05) is 0 Å². The van der Waals surface area contributed by atoms with Crippen LogP contribution in [0.2, 0.25) is 10.0 Å². The molecule has 2 N–H and O–H groups in total. The topological polar surface area (TPSA) is 66.4 Å². The van der Waals surface area contributed by atoms with Crippen LogP contribution in [0.4, 0.5) is 0 Å². The Hall–Kier alpha value is 0.0200. The van der Waals surface area contributed by atoms with Gasteiger partial charge in [0, 0.05) is 23.9 Å². The molecular formula is C13H19Cl2NO3S2. The van der Waals surface area contributed by atoms with Gasteiger partial charge in [-0.15, -0.1) is 0 Å². The Kier molecular flexibility index (Phi) is 7.81. The van der Waals surface area contributed by atoms with Gasteiger partial charge in [0.15, 0.2) is 0 Å². The van der Waals surface area contributed by atoms with Crippen molar-refractivity contribution in [3.05, 3.63) is 27.2 Å². The Morgan fingerprint density at radius 3 is 2.57 bits per heavy atom. The molecule has 0 aromatic heterocycles. The van der Waals surface area contributed by atoms with Crippen molar-refractivity contribution in [2.75, 3.05) is 24.7 Å². The summed E-state index contributed by atoms with van der Waals surface area (Å²) in [5, 5.41) is 9.25. The van der Waals surface area contributed by atoms with Gasteiger partial charge in [-0.25, -0.2) is 13.1 Å². The van der Waals surface area contributed by atoms with Crippen LogP contribution in [-0.4, -0.2) is 38.2 Å². The molecule has 0 saturated heterocycles. The number of thioether (sulfide) groups is 1. The lowest BCUT2D eigenvalue weighted by atomic mass is 10.2. The van der Waals surface area contributed by atoms with Crippen LogP contribution in [0.25, 0.3) is 0 Å². The fourth-order valence-corrected chi connectivity index (χ4v) is 4.88. The highest BCUT2D eigenvalue weighted by atomic mass is 35.5. The van der Waals surface area contributed by atoms with Crippen molar-refractivity contribution in [3.63, 3.8) is 0 Å². The van der Waals surface area contributed by atoms with Crippen molar-refractivity contribution in [3.8, 4) is 0 Å². The molecule has 0 aliphatic rings. The normalized spacial score (nSPS) is 11.9. The number of halogens is 2. The number of nitrogens with one attached hydrogen (secondary N) is 1. The van der Waals surface area contributed by atoms with Gasteiger partial charge in [0.25, 0.3) is 0 Å². The quantitative estimate of drug-likeness (QED) is 0.689. The predicted molar refractivity (Wildman–Crippen MR) is 90.2 cm³/mol. The molecule has 1 aromatic carbocycles. The summed E-state index contributed by atoms with van der Waals surface area (Å²) in [6.07, 6.45) is 0.704. The molecule has 1 aromatic rings. The summed E-state index contributed by atoms with van der Waals surface area (Å²) >= 11 is 13.7. The van der Waals surface area contributed by atoms with E-state index in [0.29, 0.717) is 34.9 Å². The van der Waals surface area contributed by atoms with Gasteiger partial charge in [-0.2, -0.15) is 11.8 Å². The van der Waals surface area contributed by atoms with Crippen LogP contribution >= 0.6 is 35.0 Å². The molecule has 21 heavy (non-hydrogen) atoms. The molecule has 0 fully saturated rings. The van der Waals surface area contributed by atoms with E-state index in [0.717, 1.165) is 5.75 Å².